The van der Waals surface area contributed by atoms with Crippen LogP contribution in [0, 0.1) is 0 Å². The van der Waals surface area contributed by atoms with Crippen molar-refractivity contribution in [3.8, 4) is 5.75 Å². The Kier molecular flexibility index (Phi) is 2.44. The molecule has 1 aromatic heterocycles. The average Bonchev–Trinajstić information content (AvgIpc) is 2.03. The van der Waals surface area contributed by atoms with Crippen LogP contribution < -0.4 is 9.84 Å². The fourth-order valence-corrected chi connectivity index (χ4v) is 0.720. The number of aromatic carboxylic acids is 1. The lowest BCUT2D eigenvalue weighted by Gasteiger charge is -2.05. The number of aromatic nitrogens is 1. The molecule has 0 fully saturated rings. The van der Waals surface area contributed by atoms with E-state index in [4.69, 9.17) is 5.11 Å². The first kappa shape index (κ1) is 8.98. The highest BCUT2D eigenvalue weighted by atomic mass is 16.7. The van der Waals surface area contributed by atoms with Gasteiger partial charge in [0.05, 0.1) is 5.97 Å². The number of hydrogen-bond acceptors (Lipinski definition) is 5. The van der Waals surface area contributed by atoms with E-state index >= 15 is 0 Å². The van der Waals surface area contributed by atoms with Gasteiger partial charge in [-0.2, -0.15) is 0 Å². The zero-order chi connectivity index (χ0) is 9.84. The summed E-state index contributed by atoms with van der Waals surface area (Å²) < 4.78 is 4.14. The molecule has 0 aliphatic rings. The van der Waals surface area contributed by atoms with Crippen LogP contribution in [0.4, 0.5) is 4.79 Å². The number of carboxylic acids is 1. The molecule has 0 amide bonds. The maximum Gasteiger partial charge on any atom is 0.511 e. The number of carboxylic acid groups (broad SMARTS) is 2. The van der Waals surface area contributed by atoms with Gasteiger partial charge < -0.3 is 19.7 Å². The van der Waals surface area contributed by atoms with Gasteiger partial charge in [-0.3, -0.25) is 4.98 Å². The molecule has 0 unspecified atom stereocenters. The van der Waals surface area contributed by atoms with Crippen molar-refractivity contribution in [3.63, 3.8) is 0 Å². The quantitative estimate of drug-likeness (QED) is 0.619. The van der Waals surface area contributed by atoms with Crippen LogP contribution in [0.25, 0.3) is 0 Å². The Morgan fingerprint density at radius 1 is 1.54 bits per heavy atom. The van der Waals surface area contributed by atoms with Crippen LogP contribution in [0.3, 0.4) is 0 Å². The molecule has 0 bridgehead atoms. The smallest absolute Gasteiger partial charge is 0.511 e. The molecule has 0 aliphatic carbocycles. The molecule has 68 valence electrons. The van der Waals surface area contributed by atoms with Gasteiger partial charge in [-0.05, 0) is 12.1 Å². The molecule has 1 rings (SSSR count). The summed E-state index contributed by atoms with van der Waals surface area (Å²) in [5.74, 6) is -1.94. The SMILES string of the molecule is O=C(O)Oc1cccnc1C(=O)[O-]. The Morgan fingerprint density at radius 2 is 2.23 bits per heavy atom. The summed E-state index contributed by atoms with van der Waals surface area (Å²) in [5.41, 5.74) is -0.537. The summed E-state index contributed by atoms with van der Waals surface area (Å²) in [5, 5.41) is 18.6. The predicted octanol–water partition coefficient (Wildman–Crippen LogP) is -0.498. The van der Waals surface area contributed by atoms with Gasteiger partial charge in [0.2, 0.25) is 0 Å². The van der Waals surface area contributed by atoms with Crippen molar-refractivity contribution in [1.29, 1.82) is 0 Å². The van der Waals surface area contributed by atoms with Crippen molar-refractivity contribution < 1.29 is 24.5 Å². The monoisotopic (exact) mass is 182 g/mol. The molecule has 0 aromatic carbocycles. The highest BCUT2D eigenvalue weighted by Crippen LogP contribution is 2.13. The van der Waals surface area contributed by atoms with Crippen LogP contribution in [-0.2, 0) is 0 Å². The lowest BCUT2D eigenvalue weighted by molar-refractivity contribution is -0.255. The van der Waals surface area contributed by atoms with Crippen molar-refractivity contribution in [3.05, 3.63) is 24.0 Å². The number of hydrogen-bond donors (Lipinski definition) is 1. The van der Waals surface area contributed by atoms with Gasteiger partial charge in [-0.15, -0.1) is 0 Å². The zero-order valence-electron chi connectivity index (χ0n) is 6.26. The van der Waals surface area contributed by atoms with Gasteiger partial charge in [0.1, 0.15) is 5.69 Å². The van der Waals surface area contributed by atoms with E-state index < -0.39 is 17.8 Å². The van der Waals surface area contributed by atoms with Crippen molar-refractivity contribution >= 4 is 12.1 Å². The minimum absolute atomic E-state index is 0.352. The Balaban J connectivity index is 3.04. The maximum atomic E-state index is 10.4. The van der Waals surface area contributed by atoms with Gasteiger partial charge in [0.15, 0.2) is 5.75 Å². The molecule has 1 heterocycles. The van der Waals surface area contributed by atoms with Crippen LogP contribution >= 0.6 is 0 Å². The molecule has 1 aromatic rings. The lowest BCUT2D eigenvalue weighted by atomic mass is 10.3. The van der Waals surface area contributed by atoms with Crippen LogP contribution in [0.15, 0.2) is 18.3 Å². The van der Waals surface area contributed by atoms with E-state index in [2.05, 4.69) is 9.72 Å². The summed E-state index contributed by atoms with van der Waals surface area (Å²) in [6, 6.07) is 2.52. The first-order valence-corrected chi connectivity index (χ1v) is 3.18. The third-order valence-corrected chi connectivity index (χ3v) is 1.16. The molecule has 6 heteroatoms. The summed E-state index contributed by atoms with van der Waals surface area (Å²) >= 11 is 0. The van der Waals surface area contributed by atoms with E-state index in [1.54, 1.807) is 0 Å². The normalized spacial score (nSPS) is 9.23. The minimum atomic E-state index is -1.60. The third kappa shape index (κ3) is 2.16. The Morgan fingerprint density at radius 3 is 2.77 bits per heavy atom. The lowest BCUT2D eigenvalue weighted by Crippen LogP contribution is -2.24. The molecule has 0 spiro atoms. The highest BCUT2D eigenvalue weighted by molar-refractivity contribution is 5.87. The van der Waals surface area contributed by atoms with Crippen molar-refractivity contribution in [2.75, 3.05) is 0 Å². The summed E-state index contributed by atoms with van der Waals surface area (Å²) in [4.78, 5) is 23.8. The second kappa shape index (κ2) is 3.53. The number of rotatable bonds is 2. The van der Waals surface area contributed by atoms with Crippen LogP contribution in [0.1, 0.15) is 10.5 Å². The maximum absolute atomic E-state index is 10.4. The number of carbonyl (C=O) groups is 2. The van der Waals surface area contributed by atoms with Crippen molar-refractivity contribution in [2.45, 2.75) is 0 Å². The van der Waals surface area contributed by atoms with E-state index in [1.165, 1.54) is 18.3 Å². The second-order valence-corrected chi connectivity index (χ2v) is 2.01. The molecule has 0 atom stereocenters. The van der Waals surface area contributed by atoms with Gasteiger partial charge in [-0.25, -0.2) is 4.79 Å². The van der Waals surface area contributed by atoms with E-state index in [-0.39, 0.29) is 5.75 Å². The summed E-state index contributed by atoms with van der Waals surface area (Å²) in [7, 11) is 0. The van der Waals surface area contributed by atoms with E-state index in [0.29, 0.717) is 0 Å². The summed E-state index contributed by atoms with van der Waals surface area (Å²) in [6.07, 6.45) is -0.407. The predicted molar refractivity (Wildman–Crippen MR) is 37.2 cm³/mol. The first-order valence-electron chi connectivity index (χ1n) is 3.18. The zero-order valence-corrected chi connectivity index (χ0v) is 6.26. The molecule has 13 heavy (non-hydrogen) atoms. The Bertz CT molecular complexity index is 348. The molecule has 0 radical (unpaired) electrons. The molecule has 1 N–H and O–H groups in total. The van der Waals surface area contributed by atoms with Gasteiger partial charge in [0.25, 0.3) is 0 Å². The Hall–Kier alpha value is -2.11. The minimum Gasteiger partial charge on any atom is -0.543 e. The highest BCUT2D eigenvalue weighted by Gasteiger charge is 2.08. The number of ether oxygens (including phenoxy) is 1. The first-order chi connectivity index (χ1) is 6.11. The number of pyridine rings is 1. The van der Waals surface area contributed by atoms with Crippen molar-refractivity contribution in [2.24, 2.45) is 0 Å². The van der Waals surface area contributed by atoms with Crippen LogP contribution in [-0.4, -0.2) is 22.2 Å². The fraction of sp³-hybridized carbons (Fsp3) is 0. The standard InChI is InChI=1S/C7H5NO5/c9-6(10)5-4(13-7(11)12)2-1-3-8-5/h1-3H,(H,9,10)(H,11,12)/p-1. The van der Waals surface area contributed by atoms with Gasteiger partial charge in [-0.1, -0.05) is 0 Å². The van der Waals surface area contributed by atoms with Gasteiger partial charge in [0, 0.05) is 6.20 Å². The largest absolute Gasteiger partial charge is 0.543 e. The molecular formula is C7H4NO5-. The molecular weight excluding hydrogens is 178 g/mol. The van der Waals surface area contributed by atoms with Crippen LogP contribution in [0.5, 0.6) is 5.75 Å². The number of nitrogens with zero attached hydrogens (tertiary/aromatic N) is 1. The van der Waals surface area contributed by atoms with Crippen LogP contribution in [0.2, 0.25) is 0 Å². The second-order valence-electron chi connectivity index (χ2n) is 2.01. The molecule has 0 saturated carbocycles. The molecule has 0 aliphatic heterocycles. The Labute approximate surface area is 72.4 Å². The number of carbonyl (C=O) groups excluding carboxylic acids is 1. The van der Waals surface area contributed by atoms with Gasteiger partial charge >= 0.3 is 6.16 Å². The average molecular weight is 182 g/mol. The molecule has 6 nitrogen and oxygen atoms in total. The van der Waals surface area contributed by atoms with E-state index in [0.717, 1.165) is 0 Å². The van der Waals surface area contributed by atoms with E-state index in [1.807, 2.05) is 0 Å². The summed E-state index contributed by atoms with van der Waals surface area (Å²) in [6.45, 7) is 0. The fourth-order valence-electron chi connectivity index (χ4n) is 0.720. The van der Waals surface area contributed by atoms with E-state index in [9.17, 15) is 14.7 Å². The van der Waals surface area contributed by atoms with Crippen molar-refractivity contribution in [1.82, 2.24) is 4.98 Å². The molecule has 0 saturated heterocycles. The topological polar surface area (TPSA) is 99.6 Å². The third-order valence-electron chi connectivity index (χ3n) is 1.16.